The average Bonchev–Trinajstić information content (AvgIpc) is 2.29. The van der Waals surface area contributed by atoms with Crippen molar-refractivity contribution in [3.8, 4) is 0 Å². The van der Waals surface area contributed by atoms with Crippen LogP contribution >= 0.6 is 15.9 Å². The zero-order valence-corrected chi connectivity index (χ0v) is 10.7. The van der Waals surface area contributed by atoms with E-state index in [1.807, 2.05) is 0 Å². The van der Waals surface area contributed by atoms with Gasteiger partial charge in [0, 0.05) is 12.6 Å². The van der Waals surface area contributed by atoms with Crippen LogP contribution in [0.3, 0.4) is 0 Å². The molecule has 1 unspecified atom stereocenters. The molecule has 1 atom stereocenters. The fourth-order valence-corrected chi connectivity index (χ4v) is 2.15. The van der Waals surface area contributed by atoms with Gasteiger partial charge in [-0.2, -0.15) is 0 Å². The van der Waals surface area contributed by atoms with Gasteiger partial charge in [0.25, 0.3) is 0 Å². The monoisotopic (exact) mass is 301 g/mol. The van der Waals surface area contributed by atoms with Crippen LogP contribution in [0.4, 0.5) is 15.8 Å². The summed E-state index contributed by atoms with van der Waals surface area (Å²) < 4.78 is 13.7. The Hall–Kier alpha value is -1.30. The van der Waals surface area contributed by atoms with E-state index in [0.29, 0.717) is 22.4 Å². The number of piperidine rings is 1. The average molecular weight is 302 g/mol. The van der Waals surface area contributed by atoms with E-state index >= 15 is 0 Å². The van der Waals surface area contributed by atoms with Crippen molar-refractivity contribution in [1.29, 1.82) is 0 Å². The molecule has 1 saturated heterocycles. The normalized spacial score (nSPS) is 19.9. The molecule has 0 spiro atoms. The third-order valence-corrected chi connectivity index (χ3v) is 3.32. The number of nitrogens with two attached hydrogens (primary N) is 1. The van der Waals surface area contributed by atoms with Crippen LogP contribution in [0.25, 0.3) is 0 Å². The van der Waals surface area contributed by atoms with Crippen LogP contribution < -0.4 is 16.4 Å². The Labute approximate surface area is 107 Å². The summed E-state index contributed by atoms with van der Waals surface area (Å²) in [6, 6.07) is 2.44. The zero-order valence-electron chi connectivity index (χ0n) is 9.09. The number of hydrogen-bond acceptors (Lipinski definition) is 3. The number of halogens is 2. The van der Waals surface area contributed by atoms with Gasteiger partial charge in [-0.1, -0.05) is 0 Å². The number of nitrogens with one attached hydrogen (secondary N) is 2. The van der Waals surface area contributed by atoms with Gasteiger partial charge >= 0.3 is 0 Å². The number of hydrogen-bond donors (Lipinski definition) is 3. The molecule has 0 radical (unpaired) electrons. The van der Waals surface area contributed by atoms with E-state index in [1.54, 1.807) is 0 Å². The highest BCUT2D eigenvalue weighted by Gasteiger charge is 2.22. The highest BCUT2D eigenvalue weighted by molar-refractivity contribution is 9.10. The number of nitrogen functional groups attached to an aromatic ring is 1. The van der Waals surface area contributed by atoms with Crippen molar-refractivity contribution in [3.63, 3.8) is 0 Å². The summed E-state index contributed by atoms with van der Waals surface area (Å²) in [5.41, 5.74) is 6.63. The highest BCUT2D eigenvalue weighted by Crippen LogP contribution is 2.27. The van der Waals surface area contributed by atoms with Crippen LogP contribution in [0.1, 0.15) is 12.8 Å². The topological polar surface area (TPSA) is 67.2 Å². The summed E-state index contributed by atoms with van der Waals surface area (Å²) in [6.07, 6.45) is 1.63. The second-order valence-corrected chi connectivity index (χ2v) is 4.84. The number of carbonyl (C=O) groups excluding carboxylic acids is 1. The molecule has 1 aliphatic rings. The number of anilines is 2. The Morgan fingerprint density at radius 3 is 3.00 bits per heavy atom. The van der Waals surface area contributed by atoms with E-state index in [1.165, 1.54) is 12.1 Å². The lowest BCUT2D eigenvalue weighted by atomic mass is 10.1. The molecule has 6 heteroatoms. The van der Waals surface area contributed by atoms with Crippen LogP contribution in [0.2, 0.25) is 0 Å². The van der Waals surface area contributed by atoms with Crippen LogP contribution in [0.15, 0.2) is 16.6 Å². The van der Waals surface area contributed by atoms with E-state index in [0.717, 1.165) is 12.8 Å². The molecule has 17 heavy (non-hydrogen) atoms. The number of rotatable bonds is 2. The number of benzene rings is 1. The molecule has 0 saturated carbocycles. The molecule has 2 rings (SSSR count). The summed E-state index contributed by atoms with van der Waals surface area (Å²) in [6.45, 7) is 0.696. The first-order valence-electron chi connectivity index (χ1n) is 5.36. The Morgan fingerprint density at radius 2 is 2.29 bits per heavy atom. The smallest absolute Gasteiger partial charge is 0.242 e. The molecule has 1 heterocycles. The molecule has 1 amide bonds. The minimum atomic E-state index is -0.405. The van der Waals surface area contributed by atoms with Crippen LogP contribution in [-0.4, -0.2) is 18.5 Å². The van der Waals surface area contributed by atoms with E-state index in [4.69, 9.17) is 5.73 Å². The quantitative estimate of drug-likeness (QED) is 0.731. The third-order valence-electron chi connectivity index (χ3n) is 2.71. The Morgan fingerprint density at radius 1 is 1.53 bits per heavy atom. The highest BCUT2D eigenvalue weighted by atomic mass is 79.9. The predicted octanol–water partition coefficient (Wildman–Crippen LogP) is 1.86. The lowest BCUT2D eigenvalue weighted by Crippen LogP contribution is -2.44. The van der Waals surface area contributed by atoms with Gasteiger partial charge in [-0.05, 0) is 34.8 Å². The molecule has 4 N–H and O–H groups in total. The molecule has 1 aromatic carbocycles. The van der Waals surface area contributed by atoms with Crippen LogP contribution in [0.5, 0.6) is 0 Å². The van der Waals surface area contributed by atoms with Gasteiger partial charge in [-0.3, -0.25) is 4.79 Å². The van der Waals surface area contributed by atoms with Gasteiger partial charge < -0.3 is 16.4 Å². The van der Waals surface area contributed by atoms with Crippen molar-refractivity contribution in [2.75, 3.05) is 17.6 Å². The van der Waals surface area contributed by atoms with E-state index in [2.05, 4.69) is 26.6 Å². The maximum absolute atomic E-state index is 13.4. The standard InChI is InChI=1S/C11H13BrFN3O/c12-6-4-8(14)10(5-7(6)13)16-9-2-1-3-15-11(9)17/h4-5,9,16H,1-3,14H2,(H,15,17). The van der Waals surface area contributed by atoms with Gasteiger partial charge in [0.15, 0.2) is 0 Å². The van der Waals surface area contributed by atoms with Crippen molar-refractivity contribution in [2.24, 2.45) is 0 Å². The molecule has 1 aromatic rings. The Balaban J connectivity index is 2.17. The van der Waals surface area contributed by atoms with Crippen molar-refractivity contribution < 1.29 is 9.18 Å². The van der Waals surface area contributed by atoms with Crippen molar-refractivity contribution in [1.82, 2.24) is 5.32 Å². The van der Waals surface area contributed by atoms with Crippen LogP contribution in [-0.2, 0) is 4.79 Å². The molecular formula is C11H13BrFN3O. The van der Waals surface area contributed by atoms with Gasteiger partial charge in [0.05, 0.1) is 15.8 Å². The summed E-state index contributed by atoms with van der Waals surface area (Å²) in [7, 11) is 0. The third kappa shape index (κ3) is 2.69. The second-order valence-electron chi connectivity index (χ2n) is 3.98. The predicted molar refractivity (Wildman–Crippen MR) is 68.2 cm³/mol. The molecule has 1 aliphatic heterocycles. The molecule has 0 bridgehead atoms. The fourth-order valence-electron chi connectivity index (χ4n) is 1.78. The lowest BCUT2D eigenvalue weighted by molar-refractivity contribution is -0.123. The number of amides is 1. The van der Waals surface area contributed by atoms with Crippen LogP contribution in [0, 0.1) is 5.82 Å². The summed E-state index contributed by atoms with van der Waals surface area (Å²) in [5.74, 6) is -0.475. The van der Waals surface area contributed by atoms with E-state index < -0.39 is 5.82 Å². The SMILES string of the molecule is Nc1cc(Br)c(F)cc1NC1CCCNC1=O. The van der Waals surface area contributed by atoms with E-state index in [9.17, 15) is 9.18 Å². The zero-order chi connectivity index (χ0) is 12.4. The fraction of sp³-hybridized carbons (Fsp3) is 0.364. The van der Waals surface area contributed by atoms with Crippen molar-refractivity contribution in [3.05, 3.63) is 22.4 Å². The first-order chi connectivity index (χ1) is 8.08. The van der Waals surface area contributed by atoms with Gasteiger partial charge in [-0.25, -0.2) is 4.39 Å². The Kier molecular flexibility index (Phi) is 3.51. The molecule has 4 nitrogen and oxygen atoms in total. The largest absolute Gasteiger partial charge is 0.397 e. The Bertz CT molecular complexity index is 453. The second kappa shape index (κ2) is 4.91. The van der Waals surface area contributed by atoms with E-state index in [-0.39, 0.29) is 11.9 Å². The summed E-state index contributed by atoms with van der Waals surface area (Å²) >= 11 is 3.06. The maximum atomic E-state index is 13.4. The van der Waals surface area contributed by atoms with Gasteiger partial charge in [0.2, 0.25) is 5.91 Å². The first-order valence-corrected chi connectivity index (χ1v) is 6.16. The van der Waals surface area contributed by atoms with Gasteiger partial charge in [-0.15, -0.1) is 0 Å². The summed E-state index contributed by atoms with van der Waals surface area (Å²) in [4.78, 5) is 11.5. The number of carbonyl (C=O) groups is 1. The van der Waals surface area contributed by atoms with Gasteiger partial charge in [0.1, 0.15) is 11.9 Å². The maximum Gasteiger partial charge on any atom is 0.242 e. The minimum absolute atomic E-state index is 0.0704. The first kappa shape index (κ1) is 12.2. The molecular weight excluding hydrogens is 289 g/mol. The molecule has 0 aliphatic carbocycles. The molecule has 1 fully saturated rings. The molecule has 92 valence electrons. The van der Waals surface area contributed by atoms with Crippen molar-refractivity contribution >= 4 is 33.2 Å². The summed E-state index contributed by atoms with van der Waals surface area (Å²) in [5, 5.41) is 5.72. The van der Waals surface area contributed by atoms with Crippen molar-refractivity contribution in [2.45, 2.75) is 18.9 Å². The lowest BCUT2D eigenvalue weighted by Gasteiger charge is -2.24. The molecule has 0 aromatic heterocycles. The minimum Gasteiger partial charge on any atom is -0.397 e.